The van der Waals surface area contributed by atoms with E-state index in [9.17, 15) is 10.1 Å². The predicted octanol–water partition coefficient (Wildman–Crippen LogP) is 6.67. The van der Waals surface area contributed by atoms with E-state index >= 15 is 0 Å². The number of carbonyl (C=O) groups excluding carboxylic acids is 1. The van der Waals surface area contributed by atoms with Crippen LogP contribution in [0.5, 0.6) is 5.75 Å². The SMILES string of the molecule is COc1cc(/C=C(\C#N)C(=O)Nc2ccc(C)cc2)cc(Br)c1Cc1ccccc1Br. The molecule has 0 radical (unpaired) electrons. The minimum Gasteiger partial charge on any atom is -0.496 e. The minimum absolute atomic E-state index is 0.00748. The van der Waals surface area contributed by atoms with Crippen LogP contribution in [0.2, 0.25) is 0 Å². The highest BCUT2D eigenvalue weighted by molar-refractivity contribution is 9.10. The van der Waals surface area contributed by atoms with Crippen LogP contribution in [0.15, 0.2) is 75.2 Å². The molecule has 0 fully saturated rings. The lowest BCUT2D eigenvalue weighted by Gasteiger charge is -2.13. The van der Waals surface area contributed by atoms with Gasteiger partial charge in [-0.3, -0.25) is 4.79 Å². The topological polar surface area (TPSA) is 62.1 Å². The molecule has 0 bridgehead atoms. The van der Waals surface area contributed by atoms with E-state index in [0.717, 1.165) is 25.6 Å². The van der Waals surface area contributed by atoms with E-state index in [4.69, 9.17) is 4.74 Å². The van der Waals surface area contributed by atoms with Gasteiger partial charge in [0.1, 0.15) is 17.4 Å². The second-order valence-electron chi connectivity index (χ2n) is 6.94. The first-order valence-corrected chi connectivity index (χ1v) is 11.1. The molecule has 3 aromatic rings. The number of carbonyl (C=O) groups is 1. The average Bonchev–Trinajstić information content (AvgIpc) is 2.76. The number of nitriles is 1. The molecule has 0 saturated heterocycles. The molecule has 6 heteroatoms. The van der Waals surface area contributed by atoms with Crippen molar-refractivity contribution >= 4 is 49.5 Å². The molecule has 3 aromatic carbocycles. The Morgan fingerprint density at radius 3 is 2.45 bits per heavy atom. The third kappa shape index (κ3) is 5.84. The van der Waals surface area contributed by atoms with E-state index in [1.54, 1.807) is 25.3 Å². The van der Waals surface area contributed by atoms with Crippen LogP contribution < -0.4 is 10.1 Å². The highest BCUT2D eigenvalue weighted by Gasteiger charge is 2.14. The van der Waals surface area contributed by atoms with Crippen molar-refractivity contribution in [3.05, 3.63) is 97.4 Å². The van der Waals surface area contributed by atoms with Gasteiger partial charge >= 0.3 is 0 Å². The van der Waals surface area contributed by atoms with Gasteiger partial charge in [-0.2, -0.15) is 5.26 Å². The summed E-state index contributed by atoms with van der Waals surface area (Å²) >= 11 is 7.20. The Morgan fingerprint density at radius 1 is 1.10 bits per heavy atom. The molecular weight excluding hydrogens is 520 g/mol. The third-order valence-corrected chi connectivity index (χ3v) is 6.19. The molecule has 0 aliphatic carbocycles. The van der Waals surface area contributed by atoms with Crippen molar-refractivity contribution < 1.29 is 9.53 Å². The summed E-state index contributed by atoms with van der Waals surface area (Å²) < 4.78 is 7.46. The molecule has 0 atom stereocenters. The van der Waals surface area contributed by atoms with Crippen molar-refractivity contribution in [3.8, 4) is 11.8 Å². The van der Waals surface area contributed by atoms with Crippen LogP contribution >= 0.6 is 31.9 Å². The van der Waals surface area contributed by atoms with Crippen LogP contribution in [0.4, 0.5) is 5.69 Å². The zero-order chi connectivity index (χ0) is 22.4. The number of methoxy groups -OCH3 is 1. The van der Waals surface area contributed by atoms with Gasteiger partial charge in [-0.15, -0.1) is 0 Å². The summed E-state index contributed by atoms with van der Waals surface area (Å²) in [6.07, 6.45) is 2.22. The van der Waals surface area contributed by atoms with Gasteiger partial charge in [0.25, 0.3) is 5.91 Å². The van der Waals surface area contributed by atoms with Crippen molar-refractivity contribution in [2.45, 2.75) is 13.3 Å². The molecule has 4 nitrogen and oxygen atoms in total. The van der Waals surface area contributed by atoms with Gasteiger partial charge in [-0.1, -0.05) is 67.8 Å². The summed E-state index contributed by atoms with van der Waals surface area (Å²) in [5, 5.41) is 12.3. The van der Waals surface area contributed by atoms with Gasteiger partial charge in [-0.05, 0) is 54.5 Å². The van der Waals surface area contributed by atoms with Crippen LogP contribution in [-0.2, 0) is 11.2 Å². The number of anilines is 1. The van der Waals surface area contributed by atoms with Crippen LogP contribution in [0.3, 0.4) is 0 Å². The second kappa shape index (κ2) is 10.4. The first kappa shape index (κ1) is 22.8. The van der Waals surface area contributed by atoms with Gasteiger partial charge in [-0.25, -0.2) is 0 Å². The van der Waals surface area contributed by atoms with Crippen molar-refractivity contribution in [1.82, 2.24) is 0 Å². The maximum atomic E-state index is 12.6. The molecule has 0 heterocycles. The van der Waals surface area contributed by atoms with E-state index in [1.807, 2.05) is 61.5 Å². The Morgan fingerprint density at radius 2 is 1.81 bits per heavy atom. The molecular formula is C25H20Br2N2O2. The van der Waals surface area contributed by atoms with Crippen LogP contribution in [-0.4, -0.2) is 13.0 Å². The molecule has 31 heavy (non-hydrogen) atoms. The first-order chi connectivity index (χ1) is 14.9. The van der Waals surface area contributed by atoms with E-state index in [1.165, 1.54) is 0 Å². The maximum absolute atomic E-state index is 12.6. The molecule has 156 valence electrons. The van der Waals surface area contributed by atoms with E-state index in [2.05, 4.69) is 37.2 Å². The number of hydrogen-bond donors (Lipinski definition) is 1. The summed E-state index contributed by atoms with van der Waals surface area (Å²) in [4.78, 5) is 12.6. The lowest BCUT2D eigenvalue weighted by Crippen LogP contribution is -2.13. The number of ether oxygens (including phenoxy) is 1. The Kier molecular flexibility index (Phi) is 7.67. The van der Waals surface area contributed by atoms with Gasteiger partial charge in [0.15, 0.2) is 0 Å². The monoisotopic (exact) mass is 538 g/mol. The van der Waals surface area contributed by atoms with Crippen LogP contribution in [0, 0.1) is 18.3 Å². The standard InChI is InChI=1S/C25H20Br2N2O2/c1-16-7-9-20(10-8-16)29-25(30)19(15-28)11-17-12-23(27)21(24(13-17)31-2)14-18-5-3-4-6-22(18)26/h3-13H,14H2,1-2H3,(H,29,30)/b19-11+. The second-order valence-corrected chi connectivity index (χ2v) is 8.65. The third-order valence-electron chi connectivity index (χ3n) is 4.71. The molecule has 0 aromatic heterocycles. The lowest BCUT2D eigenvalue weighted by atomic mass is 10.0. The van der Waals surface area contributed by atoms with E-state index < -0.39 is 5.91 Å². The number of nitrogens with zero attached hydrogens (tertiary/aromatic N) is 1. The number of rotatable bonds is 6. The summed E-state index contributed by atoms with van der Waals surface area (Å²) in [5.41, 5.74) is 4.53. The molecule has 1 N–H and O–H groups in total. The van der Waals surface area contributed by atoms with Crippen LogP contribution in [0.25, 0.3) is 6.08 Å². The molecule has 1 amide bonds. The van der Waals surface area contributed by atoms with Gasteiger partial charge in [0.05, 0.1) is 7.11 Å². The van der Waals surface area contributed by atoms with Gasteiger partial charge < -0.3 is 10.1 Å². The number of nitrogens with one attached hydrogen (secondary N) is 1. The zero-order valence-electron chi connectivity index (χ0n) is 17.1. The largest absolute Gasteiger partial charge is 0.496 e. The number of benzene rings is 3. The van der Waals surface area contributed by atoms with E-state index in [-0.39, 0.29) is 5.57 Å². The predicted molar refractivity (Wildman–Crippen MR) is 131 cm³/mol. The zero-order valence-corrected chi connectivity index (χ0v) is 20.2. The molecule has 0 spiro atoms. The molecule has 0 unspecified atom stereocenters. The van der Waals surface area contributed by atoms with Gasteiger partial charge in [0, 0.05) is 26.6 Å². The highest BCUT2D eigenvalue weighted by Crippen LogP contribution is 2.33. The van der Waals surface area contributed by atoms with E-state index in [0.29, 0.717) is 23.4 Å². The minimum atomic E-state index is -0.460. The van der Waals surface area contributed by atoms with Crippen molar-refractivity contribution in [2.75, 3.05) is 12.4 Å². The normalized spacial score (nSPS) is 11.0. The van der Waals surface area contributed by atoms with Crippen molar-refractivity contribution in [1.29, 1.82) is 5.26 Å². The highest BCUT2D eigenvalue weighted by atomic mass is 79.9. The number of hydrogen-bond acceptors (Lipinski definition) is 3. The summed E-state index contributed by atoms with van der Waals surface area (Å²) in [6, 6.07) is 21.1. The molecule has 0 saturated carbocycles. The maximum Gasteiger partial charge on any atom is 0.266 e. The Labute approximate surface area is 198 Å². The fraction of sp³-hybridized carbons (Fsp3) is 0.120. The van der Waals surface area contributed by atoms with Crippen molar-refractivity contribution in [2.24, 2.45) is 0 Å². The smallest absolute Gasteiger partial charge is 0.266 e. The first-order valence-electron chi connectivity index (χ1n) is 9.51. The molecule has 0 aliphatic heterocycles. The van der Waals surface area contributed by atoms with Crippen molar-refractivity contribution in [3.63, 3.8) is 0 Å². The lowest BCUT2D eigenvalue weighted by molar-refractivity contribution is -0.112. The number of amides is 1. The Bertz CT molecular complexity index is 1180. The number of halogens is 2. The van der Waals surface area contributed by atoms with Crippen LogP contribution in [0.1, 0.15) is 22.3 Å². The number of aryl methyl sites for hydroxylation is 1. The summed E-state index contributed by atoms with van der Waals surface area (Å²) in [6.45, 7) is 1.97. The quantitative estimate of drug-likeness (QED) is 0.281. The Balaban J connectivity index is 1.89. The Hall–Kier alpha value is -2.88. The van der Waals surface area contributed by atoms with Gasteiger partial charge in [0.2, 0.25) is 0 Å². The molecule has 0 aliphatic rings. The fourth-order valence-corrected chi connectivity index (χ4v) is 4.08. The molecule has 3 rings (SSSR count). The average molecular weight is 540 g/mol. The fourth-order valence-electron chi connectivity index (χ4n) is 3.05. The summed E-state index contributed by atoms with van der Waals surface area (Å²) in [7, 11) is 1.61. The summed E-state index contributed by atoms with van der Waals surface area (Å²) in [5.74, 6) is 0.214.